The fraction of sp³-hybridized carbons (Fsp3) is 1.00. The minimum atomic E-state index is 0.383. The fourth-order valence-corrected chi connectivity index (χ4v) is 2.03. The predicted molar refractivity (Wildman–Crippen MR) is 39.7 cm³/mol. The normalized spacial score (nSPS) is 40.5. The molecule has 1 heterocycles. The molecule has 0 unspecified atom stereocenters. The van der Waals surface area contributed by atoms with Gasteiger partial charge in [0, 0.05) is 13.2 Å². The second kappa shape index (κ2) is 2.51. The molecule has 2 fully saturated rings. The van der Waals surface area contributed by atoms with Crippen LogP contribution in [0.1, 0.15) is 12.8 Å². The van der Waals surface area contributed by atoms with Gasteiger partial charge in [-0.3, -0.25) is 0 Å². The summed E-state index contributed by atoms with van der Waals surface area (Å²) in [5.74, 6) is 2.31. The summed E-state index contributed by atoms with van der Waals surface area (Å²) in [6, 6.07) is 0. The minimum Gasteiger partial charge on any atom is -0.396 e. The van der Waals surface area contributed by atoms with E-state index in [4.69, 9.17) is 5.11 Å². The third-order valence-electron chi connectivity index (χ3n) is 2.85. The standard InChI is InChI=1S/C8H15NO/c10-5-7-3-9-4-8(7)6-1-2-6/h6-10H,1-5H2/t7-,8-/m1/s1. The molecule has 0 radical (unpaired) electrons. The summed E-state index contributed by atoms with van der Waals surface area (Å²) in [6.45, 7) is 2.57. The van der Waals surface area contributed by atoms with Crippen LogP contribution < -0.4 is 5.32 Å². The lowest BCUT2D eigenvalue weighted by molar-refractivity contribution is 0.196. The molecular weight excluding hydrogens is 126 g/mol. The molecule has 2 heteroatoms. The summed E-state index contributed by atoms with van der Waals surface area (Å²) in [5, 5.41) is 12.3. The van der Waals surface area contributed by atoms with Crippen LogP contribution in [0.15, 0.2) is 0 Å². The van der Waals surface area contributed by atoms with E-state index in [0.717, 1.165) is 24.9 Å². The Morgan fingerprint density at radius 1 is 1.30 bits per heavy atom. The van der Waals surface area contributed by atoms with Gasteiger partial charge < -0.3 is 10.4 Å². The first kappa shape index (κ1) is 6.62. The highest BCUT2D eigenvalue weighted by molar-refractivity contribution is 4.91. The molecule has 0 bridgehead atoms. The quantitative estimate of drug-likeness (QED) is 0.576. The molecular formula is C8H15NO. The van der Waals surface area contributed by atoms with E-state index >= 15 is 0 Å². The first-order valence-corrected chi connectivity index (χ1v) is 4.23. The highest BCUT2D eigenvalue weighted by Gasteiger charge is 2.38. The summed E-state index contributed by atoms with van der Waals surface area (Å²) in [6.07, 6.45) is 2.81. The van der Waals surface area contributed by atoms with Crippen molar-refractivity contribution in [2.24, 2.45) is 17.8 Å². The van der Waals surface area contributed by atoms with Gasteiger partial charge in [0.2, 0.25) is 0 Å². The van der Waals surface area contributed by atoms with E-state index in [0.29, 0.717) is 12.5 Å². The van der Waals surface area contributed by atoms with Crippen LogP contribution in [-0.2, 0) is 0 Å². The molecule has 2 atom stereocenters. The van der Waals surface area contributed by atoms with Crippen molar-refractivity contribution < 1.29 is 5.11 Å². The summed E-state index contributed by atoms with van der Waals surface area (Å²) in [4.78, 5) is 0. The molecule has 2 aliphatic rings. The molecule has 0 aromatic heterocycles. The molecule has 58 valence electrons. The van der Waals surface area contributed by atoms with Gasteiger partial charge in [-0.15, -0.1) is 0 Å². The molecule has 2 rings (SSSR count). The third-order valence-corrected chi connectivity index (χ3v) is 2.85. The Labute approximate surface area is 61.6 Å². The third kappa shape index (κ3) is 1.06. The van der Waals surface area contributed by atoms with Crippen molar-refractivity contribution in [2.75, 3.05) is 19.7 Å². The van der Waals surface area contributed by atoms with Crippen molar-refractivity contribution in [2.45, 2.75) is 12.8 Å². The van der Waals surface area contributed by atoms with Gasteiger partial charge in [0.1, 0.15) is 0 Å². The van der Waals surface area contributed by atoms with Gasteiger partial charge in [-0.2, -0.15) is 0 Å². The zero-order chi connectivity index (χ0) is 6.97. The molecule has 10 heavy (non-hydrogen) atoms. The van der Waals surface area contributed by atoms with Crippen LogP contribution >= 0.6 is 0 Å². The smallest absolute Gasteiger partial charge is 0.0474 e. The average Bonchev–Trinajstić information content (AvgIpc) is 2.69. The van der Waals surface area contributed by atoms with Crippen LogP contribution in [0, 0.1) is 17.8 Å². The number of aliphatic hydroxyl groups excluding tert-OH is 1. The zero-order valence-corrected chi connectivity index (χ0v) is 6.21. The topological polar surface area (TPSA) is 32.3 Å². The average molecular weight is 141 g/mol. The van der Waals surface area contributed by atoms with E-state index in [-0.39, 0.29) is 0 Å². The fourth-order valence-electron chi connectivity index (χ4n) is 2.03. The summed E-state index contributed by atoms with van der Waals surface area (Å²) in [5.41, 5.74) is 0. The van der Waals surface area contributed by atoms with Crippen molar-refractivity contribution in [3.63, 3.8) is 0 Å². The lowest BCUT2D eigenvalue weighted by Gasteiger charge is -2.13. The van der Waals surface area contributed by atoms with E-state index < -0.39 is 0 Å². The van der Waals surface area contributed by atoms with E-state index in [2.05, 4.69) is 5.32 Å². The number of nitrogens with one attached hydrogen (secondary N) is 1. The van der Waals surface area contributed by atoms with Crippen molar-refractivity contribution >= 4 is 0 Å². The van der Waals surface area contributed by atoms with Gasteiger partial charge in [0.25, 0.3) is 0 Å². The minimum absolute atomic E-state index is 0.383. The number of hydrogen-bond acceptors (Lipinski definition) is 2. The maximum Gasteiger partial charge on any atom is 0.0474 e. The van der Waals surface area contributed by atoms with Gasteiger partial charge in [0.05, 0.1) is 0 Å². The first-order chi connectivity index (χ1) is 4.92. The molecule has 0 amide bonds. The molecule has 2 nitrogen and oxygen atoms in total. The second-order valence-electron chi connectivity index (χ2n) is 3.60. The van der Waals surface area contributed by atoms with E-state index in [1.807, 2.05) is 0 Å². The molecule has 0 spiro atoms. The maximum absolute atomic E-state index is 8.97. The van der Waals surface area contributed by atoms with Crippen LogP contribution in [0.25, 0.3) is 0 Å². The summed E-state index contributed by atoms with van der Waals surface area (Å²) < 4.78 is 0. The lowest BCUT2D eigenvalue weighted by Crippen LogP contribution is -2.17. The van der Waals surface area contributed by atoms with Crippen LogP contribution in [0.5, 0.6) is 0 Å². The van der Waals surface area contributed by atoms with E-state index in [1.165, 1.54) is 12.8 Å². The number of rotatable bonds is 2. The Morgan fingerprint density at radius 2 is 2.10 bits per heavy atom. The first-order valence-electron chi connectivity index (χ1n) is 4.23. The van der Waals surface area contributed by atoms with Crippen LogP contribution in [0.4, 0.5) is 0 Å². The Bertz CT molecular complexity index is 122. The van der Waals surface area contributed by atoms with Crippen LogP contribution in [-0.4, -0.2) is 24.8 Å². The van der Waals surface area contributed by atoms with E-state index in [1.54, 1.807) is 0 Å². The molecule has 2 N–H and O–H groups in total. The Kier molecular flexibility index (Phi) is 1.66. The molecule has 1 saturated carbocycles. The largest absolute Gasteiger partial charge is 0.396 e. The molecule has 1 aliphatic carbocycles. The highest BCUT2D eigenvalue weighted by atomic mass is 16.3. The summed E-state index contributed by atoms with van der Waals surface area (Å²) >= 11 is 0. The van der Waals surface area contributed by atoms with Gasteiger partial charge in [-0.25, -0.2) is 0 Å². The van der Waals surface area contributed by atoms with Crippen molar-refractivity contribution in [3.8, 4) is 0 Å². The monoisotopic (exact) mass is 141 g/mol. The predicted octanol–water partition coefficient (Wildman–Crippen LogP) is 0.224. The SMILES string of the molecule is OC[C@H]1CNC[C@@H]1C1CC1. The van der Waals surface area contributed by atoms with E-state index in [9.17, 15) is 0 Å². The van der Waals surface area contributed by atoms with Gasteiger partial charge in [-0.1, -0.05) is 0 Å². The molecule has 0 aromatic carbocycles. The van der Waals surface area contributed by atoms with Crippen molar-refractivity contribution in [1.82, 2.24) is 5.32 Å². The maximum atomic E-state index is 8.97. The molecule has 1 aliphatic heterocycles. The van der Waals surface area contributed by atoms with Gasteiger partial charge in [-0.05, 0) is 37.1 Å². The number of aliphatic hydroxyl groups is 1. The Hall–Kier alpha value is -0.0800. The lowest BCUT2D eigenvalue weighted by atomic mass is 9.92. The second-order valence-corrected chi connectivity index (χ2v) is 3.60. The van der Waals surface area contributed by atoms with Crippen LogP contribution in [0.2, 0.25) is 0 Å². The van der Waals surface area contributed by atoms with Crippen LogP contribution in [0.3, 0.4) is 0 Å². The zero-order valence-electron chi connectivity index (χ0n) is 6.21. The molecule has 0 aromatic rings. The Balaban J connectivity index is 1.91. The Morgan fingerprint density at radius 3 is 2.70 bits per heavy atom. The van der Waals surface area contributed by atoms with Gasteiger partial charge >= 0.3 is 0 Å². The molecule has 1 saturated heterocycles. The van der Waals surface area contributed by atoms with Crippen molar-refractivity contribution in [3.05, 3.63) is 0 Å². The summed E-state index contributed by atoms with van der Waals surface area (Å²) in [7, 11) is 0. The highest BCUT2D eigenvalue weighted by Crippen LogP contribution is 2.41. The van der Waals surface area contributed by atoms with Crippen molar-refractivity contribution in [1.29, 1.82) is 0 Å². The number of hydrogen-bond donors (Lipinski definition) is 2. The van der Waals surface area contributed by atoms with Gasteiger partial charge in [0.15, 0.2) is 0 Å².